The first-order chi connectivity index (χ1) is 9.85. The van der Waals surface area contributed by atoms with Crippen LogP contribution in [0.3, 0.4) is 0 Å². The topological polar surface area (TPSA) is 87.7 Å². The third kappa shape index (κ3) is 4.37. The Bertz CT molecular complexity index is 524. The van der Waals surface area contributed by atoms with Crippen LogP contribution in [0.2, 0.25) is 0 Å². The number of carbonyl (C=O) groups is 2. The summed E-state index contributed by atoms with van der Waals surface area (Å²) in [7, 11) is 1.39. The smallest absolute Gasteiger partial charge is 0.339 e. The van der Waals surface area contributed by atoms with E-state index in [0.29, 0.717) is 5.69 Å². The molecule has 1 aromatic rings. The third-order valence-electron chi connectivity index (χ3n) is 3.67. The van der Waals surface area contributed by atoms with Gasteiger partial charge in [0.25, 0.3) is 0 Å². The second-order valence-electron chi connectivity index (χ2n) is 5.07. The maximum absolute atomic E-state index is 12.0. The molecule has 6 heteroatoms. The van der Waals surface area contributed by atoms with Crippen molar-refractivity contribution < 1.29 is 19.4 Å². The SMILES string of the molecule is CCC(C)(CC)NC(=O)Nc1ccc(C(=O)O)c(OC)c1. The highest BCUT2D eigenvalue weighted by Crippen LogP contribution is 2.23. The molecule has 0 spiro atoms. The van der Waals surface area contributed by atoms with E-state index in [0.717, 1.165) is 12.8 Å². The fourth-order valence-electron chi connectivity index (χ4n) is 1.81. The molecule has 0 aliphatic heterocycles. The molecule has 0 aromatic heterocycles. The van der Waals surface area contributed by atoms with Crippen LogP contribution in [0.1, 0.15) is 44.0 Å². The summed E-state index contributed by atoms with van der Waals surface area (Å²) in [4.78, 5) is 23.0. The Labute approximate surface area is 124 Å². The van der Waals surface area contributed by atoms with E-state index in [9.17, 15) is 9.59 Å². The number of anilines is 1. The van der Waals surface area contributed by atoms with Crippen molar-refractivity contribution in [3.05, 3.63) is 23.8 Å². The molecule has 0 bridgehead atoms. The number of methoxy groups -OCH3 is 1. The van der Waals surface area contributed by atoms with E-state index in [1.54, 1.807) is 0 Å². The van der Waals surface area contributed by atoms with E-state index in [1.165, 1.54) is 25.3 Å². The number of benzene rings is 1. The Morgan fingerprint density at radius 3 is 2.38 bits per heavy atom. The van der Waals surface area contributed by atoms with Crippen molar-refractivity contribution in [1.29, 1.82) is 0 Å². The number of amides is 2. The Morgan fingerprint density at radius 2 is 1.90 bits per heavy atom. The molecule has 0 radical (unpaired) electrons. The van der Waals surface area contributed by atoms with Crippen LogP contribution in [0.25, 0.3) is 0 Å². The Hall–Kier alpha value is -2.24. The van der Waals surface area contributed by atoms with Gasteiger partial charge in [0, 0.05) is 17.3 Å². The molecular formula is C15H22N2O4. The monoisotopic (exact) mass is 294 g/mol. The average Bonchev–Trinajstić information content (AvgIpc) is 2.46. The van der Waals surface area contributed by atoms with Gasteiger partial charge in [-0.2, -0.15) is 0 Å². The third-order valence-corrected chi connectivity index (χ3v) is 3.67. The predicted molar refractivity (Wildman–Crippen MR) is 81.1 cm³/mol. The van der Waals surface area contributed by atoms with E-state index < -0.39 is 5.97 Å². The van der Waals surface area contributed by atoms with Crippen LogP contribution >= 0.6 is 0 Å². The van der Waals surface area contributed by atoms with Crippen molar-refractivity contribution in [3.8, 4) is 5.75 Å². The molecule has 1 rings (SSSR count). The molecule has 0 saturated carbocycles. The Kier molecular flexibility index (Phi) is 5.58. The van der Waals surface area contributed by atoms with E-state index in [1.807, 2.05) is 20.8 Å². The van der Waals surface area contributed by atoms with Gasteiger partial charge in [-0.05, 0) is 31.9 Å². The van der Waals surface area contributed by atoms with Gasteiger partial charge in [-0.15, -0.1) is 0 Å². The van der Waals surface area contributed by atoms with Crippen LogP contribution in [-0.4, -0.2) is 29.8 Å². The molecule has 0 heterocycles. The summed E-state index contributed by atoms with van der Waals surface area (Å²) in [5.41, 5.74) is 0.258. The molecule has 0 aliphatic rings. The van der Waals surface area contributed by atoms with Crippen LogP contribution < -0.4 is 15.4 Å². The zero-order valence-electron chi connectivity index (χ0n) is 12.8. The lowest BCUT2D eigenvalue weighted by Gasteiger charge is -2.28. The molecule has 0 atom stereocenters. The fourth-order valence-corrected chi connectivity index (χ4v) is 1.81. The number of rotatable bonds is 6. The molecule has 0 fully saturated rings. The van der Waals surface area contributed by atoms with E-state index in [4.69, 9.17) is 9.84 Å². The first-order valence-corrected chi connectivity index (χ1v) is 6.85. The molecular weight excluding hydrogens is 272 g/mol. The van der Waals surface area contributed by atoms with Crippen molar-refractivity contribution >= 4 is 17.7 Å². The molecule has 0 unspecified atom stereocenters. The number of carboxylic acid groups (broad SMARTS) is 1. The number of nitrogens with one attached hydrogen (secondary N) is 2. The summed E-state index contributed by atoms with van der Waals surface area (Å²) < 4.78 is 5.02. The molecule has 21 heavy (non-hydrogen) atoms. The lowest BCUT2D eigenvalue weighted by molar-refractivity contribution is 0.0693. The van der Waals surface area contributed by atoms with Crippen LogP contribution in [0.5, 0.6) is 5.75 Å². The van der Waals surface area contributed by atoms with Crippen molar-refractivity contribution in [1.82, 2.24) is 5.32 Å². The first kappa shape index (κ1) is 16.8. The van der Waals surface area contributed by atoms with Crippen molar-refractivity contribution in [2.75, 3.05) is 12.4 Å². The summed E-state index contributed by atoms with van der Waals surface area (Å²) in [5.74, 6) is -0.874. The van der Waals surface area contributed by atoms with Crippen molar-refractivity contribution in [2.45, 2.75) is 39.2 Å². The number of ether oxygens (including phenoxy) is 1. The average molecular weight is 294 g/mol. The Balaban J connectivity index is 2.84. The van der Waals surface area contributed by atoms with Gasteiger partial charge in [0.15, 0.2) is 0 Å². The van der Waals surface area contributed by atoms with Gasteiger partial charge in [-0.3, -0.25) is 0 Å². The first-order valence-electron chi connectivity index (χ1n) is 6.85. The van der Waals surface area contributed by atoms with Gasteiger partial charge < -0.3 is 20.5 Å². The van der Waals surface area contributed by atoms with Gasteiger partial charge in [0.1, 0.15) is 11.3 Å². The predicted octanol–water partition coefficient (Wildman–Crippen LogP) is 3.09. The molecule has 2 amide bonds. The summed E-state index contributed by atoms with van der Waals surface area (Å²) >= 11 is 0. The van der Waals surface area contributed by atoms with Crippen LogP contribution in [-0.2, 0) is 0 Å². The van der Waals surface area contributed by atoms with E-state index >= 15 is 0 Å². The summed E-state index contributed by atoms with van der Waals surface area (Å²) in [6.45, 7) is 5.99. The molecule has 116 valence electrons. The van der Waals surface area contributed by atoms with E-state index in [-0.39, 0.29) is 22.9 Å². The largest absolute Gasteiger partial charge is 0.496 e. The quantitative estimate of drug-likeness (QED) is 0.752. The lowest BCUT2D eigenvalue weighted by atomic mass is 9.96. The molecule has 0 saturated heterocycles. The molecule has 0 aliphatic carbocycles. The highest BCUT2D eigenvalue weighted by molar-refractivity contribution is 5.94. The number of urea groups is 1. The van der Waals surface area contributed by atoms with Crippen LogP contribution in [0.4, 0.5) is 10.5 Å². The minimum Gasteiger partial charge on any atom is -0.496 e. The molecule has 3 N–H and O–H groups in total. The van der Waals surface area contributed by atoms with Gasteiger partial charge in [-0.1, -0.05) is 13.8 Å². The second-order valence-corrected chi connectivity index (χ2v) is 5.07. The second kappa shape index (κ2) is 6.97. The summed E-state index contributed by atoms with van der Waals surface area (Å²) in [6, 6.07) is 4.08. The summed E-state index contributed by atoms with van der Waals surface area (Å²) in [5, 5.41) is 14.6. The minimum atomic E-state index is -1.08. The number of carboxylic acids is 1. The maximum atomic E-state index is 12.0. The molecule has 1 aromatic carbocycles. The normalized spacial score (nSPS) is 10.9. The lowest BCUT2D eigenvalue weighted by Crippen LogP contribution is -2.46. The van der Waals surface area contributed by atoms with Crippen molar-refractivity contribution in [2.24, 2.45) is 0 Å². The number of hydrogen-bond donors (Lipinski definition) is 3. The standard InChI is InChI=1S/C15H22N2O4/c1-5-15(3,6-2)17-14(20)16-10-7-8-11(13(18)19)12(9-10)21-4/h7-9H,5-6H2,1-4H3,(H,18,19)(H2,16,17,20). The van der Waals surface area contributed by atoms with E-state index in [2.05, 4.69) is 10.6 Å². The maximum Gasteiger partial charge on any atom is 0.339 e. The van der Waals surface area contributed by atoms with Crippen LogP contribution in [0, 0.1) is 0 Å². The minimum absolute atomic E-state index is 0.0513. The fraction of sp³-hybridized carbons (Fsp3) is 0.467. The van der Waals surface area contributed by atoms with Gasteiger partial charge in [-0.25, -0.2) is 9.59 Å². The molecule has 6 nitrogen and oxygen atoms in total. The summed E-state index contributed by atoms with van der Waals surface area (Å²) in [6.07, 6.45) is 1.64. The van der Waals surface area contributed by atoms with Crippen molar-refractivity contribution in [3.63, 3.8) is 0 Å². The number of aromatic carboxylic acids is 1. The van der Waals surface area contributed by atoms with Crippen LogP contribution in [0.15, 0.2) is 18.2 Å². The Morgan fingerprint density at radius 1 is 1.29 bits per heavy atom. The van der Waals surface area contributed by atoms with Gasteiger partial charge in [0.05, 0.1) is 7.11 Å². The van der Waals surface area contributed by atoms with Gasteiger partial charge in [0.2, 0.25) is 0 Å². The number of carbonyl (C=O) groups excluding carboxylic acids is 1. The zero-order valence-corrected chi connectivity index (χ0v) is 12.8. The highest BCUT2D eigenvalue weighted by Gasteiger charge is 2.22. The van der Waals surface area contributed by atoms with Gasteiger partial charge >= 0.3 is 12.0 Å². The highest BCUT2D eigenvalue weighted by atomic mass is 16.5. The zero-order chi connectivity index (χ0) is 16.0. The number of hydrogen-bond acceptors (Lipinski definition) is 3.